The van der Waals surface area contributed by atoms with Crippen LogP contribution in [-0.4, -0.2) is 24.7 Å². The Morgan fingerprint density at radius 1 is 1.13 bits per heavy atom. The molecular formula is C18H11NO4. The fraction of sp³-hybridized carbons (Fsp3) is 0.111. The van der Waals surface area contributed by atoms with E-state index in [0.717, 1.165) is 22.0 Å². The molecule has 0 bridgehead atoms. The molecule has 0 N–H and O–H groups in total. The summed E-state index contributed by atoms with van der Waals surface area (Å²) in [5.74, 6) is 1.65. The highest BCUT2D eigenvalue weighted by Crippen LogP contribution is 2.48. The minimum absolute atomic E-state index is 0.0910. The monoisotopic (exact) mass is 305 g/mol. The first-order valence-electron chi connectivity index (χ1n) is 7.22. The lowest BCUT2D eigenvalue weighted by Gasteiger charge is -2.20. The van der Waals surface area contributed by atoms with E-state index < -0.39 is 0 Å². The molecular weight excluding hydrogens is 294 g/mol. The molecule has 0 saturated carbocycles. The summed E-state index contributed by atoms with van der Waals surface area (Å²) < 4.78 is 16.3. The van der Waals surface area contributed by atoms with Crippen LogP contribution in [0.2, 0.25) is 0 Å². The minimum Gasteiger partial charge on any atom is -0.497 e. The van der Waals surface area contributed by atoms with Crippen molar-refractivity contribution < 1.29 is 19.0 Å². The van der Waals surface area contributed by atoms with Crippen molar-refractivity contribution in [2.24, 2.45) is 0 Å². The van der Waals surface area contributed by atoms with Crippen LogP contribution in [0.1, 0.15) is 15.9 Å². The maximum Gasteiger partial charge on any atom is 0.231 e. The lowest BCUT2D eigenvalue weighted by molar-refractivity contribution is 0.103. The Labute approximate surface area is 131 Å². The van der Waals surface area contributed by atoms with Crippen LogP contribution in [0, 0.1) is 0 Å². The van der Waals surface area contributed by atoms with Gasteiger partial charge in [-0.3, -0.25) is 9.78 Å². The van der Waals surface area contributed by atoms with Crippen LogP contribution in [0.4, 0.5) is 0 Å². The minimum atomic E-state index is -0.0910. The third kappa shape index (κ3) is 1.51. The molecule has 2 heterocycles. The molecule has 1 aliphatic carbocycles. The molecule has 0 unspecified atom stereocenters. The summed E-state index contributed by atoms with van der Waals surface area (Å²) >= 11 is 0. The first-order chi connectivity index (χ1) is 11.3. The average Bonchev–Trinajstić information content (AvgIpc) is 3.05. The van der Waals surface area contributed by atoms with Crippen molar-refractivity contribution >= 4 is 16.6 Å². The zero-order chi connectivity index (χ0) is 15.6. The van der Waals surface area contributed by atoms with Gasteiger partial charge in [-0.1, -0.05) is 0 Å². The largest absolute Gasteiger partial charge is 0.497 e. The van der Waals surface area contributed by atoms with Crippen LogP contribution in [-0.2, 0) is 0 Å². The molecule has 0 amide bonds. The Hall–Kier alpha value is -3.08. The van der Waals surface area contributed by atoms with Gasteiger partial charge in [0.1, 0.15) is 5.75 Å². The molecule has 1 aromatic heterocycles. The smallest absolute Gasteiger partial charge is 0.231 e. The van der Waals surface area contributed by atoms with Crippen LogP contribution < -0.4 is 14.2 Å². The molecule has 5 nitrogen and oxygen atoms in total. The number of carbonyl (C=O) groups is 1. The number of methoxy groups -OCH3 is 1. The van der Waals surface area contributed by atoms with Gasteiger partial charge in [0.2, 0.25) is 6.79 Å². The summed E-state index contributed by atoms with van der Waals surface area (Å²) in [6, 6.07) is 9.24. The van der Waals surface area contributed by atoms with Gasteiger partial charge in [-0.15, -0.1) is 0 Å². The van der Waals surface area contributed by atoms with E-state index in [1.54, 1.807) is 19.4 Å². The standard InChI is InChI=1S/C18H11NO4/c1-21-10-2-3-11-12(7-10)17(20)15-14-9(4-5-19-16(11)14)6-13-18(15)23-8-22-13/h2-7H,8H2,1H3. The van der Waals surface area contributed by atoms with Crippen LogP contribution in [0.5, 0.6) is 17.2 Å². The zero-order valence-corrected chi connectivity index (χ0v) is 12.3. The number of hydrogen-bond acceptors (Lipinski definition) is 5. The zero-order valence-electron chi connectivity index (χ0n) is 12.3. The third-order valence-corrected chi connectivity index (χ3v) is 4.34. The number of hydrogen-bond donors (Lipinski definition) is 0. The van der Waals surface area contributed by atoms with E-state index in [1.807, 2.05) is 24.3 Å². The van der Waals surface area contributed by atoms with Crippen LogP contribution in [0.25, 0.3) is 22.0 Å². The maximum absolute atomic E-state index is 13.1. The number of nitrogens with zero attached hydrogens (tertiary/aromatic N) is 1. The molecule has 0 fully saturated rings. The Balaban J connectivity index is 1.96. The first kappa shape index (κ1) is 12.5. The summed E-state index contributed by atoms with van der Waals surface area (Å²) in [4.78, 5) is 17.6. The van der Waals surface area contributed by atoms with Gasteiger partial charge in [0.15, 0.2) is 17.3 Å². The van der Waals surface area contributed by atoms with Gasteiger partial charge < -0.3 is 14.2 Å². The molecule has 0 saturated heterocycles. The molecule has 23 heavy (non-hydrogen) atoms. The summed E-state index contributed by atoms with van der Waals surface area (Å²) in [6.45, 7) is 0.125. The van der Waals surface area contributed by atoms with Gasteiger partial charge in [-0.2, -0.15) is 0 Å². The van der Waals surface area contributed by atoms with E-state index in [2.05, 4.69) is 4.98 Å². The number of rotatable bonds is 1. The maximum atomic E-state index is 13.1. The predicted molar refractivity (Wildman–Crippen MR) is 83.3 cm³/mol. The second-order valence-electron chi connectivity index (χ2n) is 5.48. The van der Waals surface area contributed by atoms with Gasteiger partial charge in [0, 0.05) is 22.7 Å². The summed E-state index contributed by atoms with van der Waals surface area (Å²) in [5, 5.41) is 1.74. The number of ketones is 1. The molecule has 2 aromatic carbocycles. The number of fused-ring (bicyclic) bond motifs is 4. The van der Waals surface area contributed by atoms with Crippen molar-refractivity contribution in [3.05, 3.63) is 47.7 Å². The van der Waals surface area contributed by atoms with Gasteiger partial charge in [0.25, 0.3) is 0 Å². The third-order valence-electron chi connectivity index (χ3n) is 4.34. The summed E-state index contributed by atoms with van der Waals surface area (Å²) in [7, 11) is 1.58. The van der Waals surface area contributed by atoms with Crippen LogP contribution in [0.3, 0.4) is 0 Å². The van der Waals surface area contributed by atoms with Gasteiger partial charge in [-0.25, -0.2) is 0 Å². The SMILES string of the molecule is COc1ccc2c(c1)C(=O)c1c3c(cc4ccnc-2c14)OCO3. The quantitative estimate of drug-likeness (QED) is 0.540. The number of ether oxygens (including phenoxy) is 3. The van der Waals surface area contributed by atoms with Crippen molar-refractivity contribution in [3.8, 4) is 28.5 Å². The Morgan fingerprint density at radius 3 is 2.91 bits per heavy atom. The van der Waals surface area contributed by atoms with Crippen molar-refractivity contribution in [2.45, 2.75) is 0 Å². The predicted octanol–water partition coefficient (Wildman–Crippen LogP) is 3.18. The van der Waals surface area contributed by atoms with E-state index in [1.165, 1.54) is 0 Å². The van der Waals surface area contributed by atoms with E-state index >= 15 is 0 Å². The highest BCUT2D eigenvalue weighted by Gasteiger charge is 2.33. The molecule has 5 heteroatoms. The van der Waals surface area contributed by atoms with Gasteiger partial charge >= 0.3 is 0 Å². The molecule has 1 aliphatic heterocycles. The number of carbonyl (C=O) groups excluding carboxylic acids is 1. The number of aromatic nitrogens is 1. The van der Waals surface area contributed by atoms with Crippen molar-refractivity contribution in [3.63, 3.8) is 0 Å². The number of pyridine rings is 1. The Kier molecular flexibility index (Phi) is 2.29. The summed E-state index contributed by atoms with van der Waals surface area (Å²) in [5.41, 5.74) is 2.69. The first-order valence-corrected chi connectivity index (χ1v) is 7.22. The van der Waals surface area contributed by atoms with Gasteiger partial charge in [-0.05, 0) is 35.7 Å². The molecule has 0 atom stereocenters. The normalized spacial score (nSPS) is 14.0. The van der Waals surface area contributed by atoms with E-state index in [-0.39, 0.29) is 12.6 Å². The van der Waals surface area contributed by atoms with Crippen molar-refractivity contribution in [1.29, 1.82) is 0 Å². The van der Waals surface area contributed by atoms with Gasteiger partial charge in [0.05, 0.1) is 18.4 Å². The molecule has 5 rings (SSSR count). The fourth-order valence-corrected chi connectivity index (χ4v) is 3.31. The fourth-order valence-electron chi connectivity index (χ4n) is 3.31. The van der Waals surface area contributed by atoms with Crippen LogP contribution in [0.15, 0.2) is 36.5 Å². The van der Waals surface area contributed by atoms with Crippen molar-refractivity contribution in [2.75, 3.05) is 13.9 Å². The lowest BCUT2D eigenvalue weighted by atomic mass is 9.85. The lowest BCUT2D eigenvalue weighted by Crippen LogP contribution is -2.12. The molecule has 0 radical (unpaired) electrons. The number of benzene rings is 2. The van der Waals surface area contributed by atoms with Crippen LogP contribution >= 0.6 is 0 Å². The topological polar surface area (TPSA) is 57.7 Å². The highest BCUT2D eigenvalue weighted by atomic mass is 16.7. The van der Waals surface area contributed by atoms with E-state index in [4.69, 9.17) is 14.2 Å². The Morgan fingerprint density at radius 2 is 2.04 bits per heavy atom. The highest BCUT2D eigenvalue weighted by molar-refractivity contribution is 6.27. The molecule has 2 aliphatic rings. The summed E-state index contributed by atoms with van der Waals surface area (Å²) in [6.07, 6.45) is 1.74. The van der Waals surface area contributed by atoms with E-state index in [9.17, 15) is 4.79 Å². The average molecular weight is 305 g/mol. The van der Waals surface area contributed by atoms with E-state index in [0.29, 0.717) is 28.4 Å². The Bertz CT molecular complexity index is 1010. The molecule has 3 aromatic rings. The van der Waals surface area contributed by atoms with Crippen molar-refractivity contribution in [1.82, 2.24) is 4.98 Å². The second-order valence-corrected chi connectivity index (χ2v) is 5.48. The molecule has 0 spiro atoms. The second kappa shape index (κ2) is 4.23. The molecule has 112 valence electrons.